The fraction of sp³-hybridized carbons (Fsp3) is 0.889. The first-order valence-corrected chi connectivity index (χ1v) is 4.98. The van der Waals surface area contributed by atoms with Gasteiger partial charge in [0.1, 0.15) is 0 Å². The van der Waals surface area contributed by atoms with Crippen LogP contribution in [0.2, 0.25) is 0 Å². The minimum atomic E-state index is -1.28. The van der Waals surface area contributed by atoms with Crippen molar-refractivity contribution < 1.29 is 30.0 Å². The molecule has 0 atom stereocenters. The van der Waals surface area contributed by atoms with Gasteiger partial charge < -0.3 is 25.2 Å². The van der Waals surface area contributed by atoms with Crippen LogP contribution in [0.5, 0.6) is 0 Å². The number of carbonyl (C=O) groups is 1. The van der Waals surface area contributed by atoms with Gasteiger partial charge >= 0.3 is 5.97 Å². The van der Waals surface area contributed by atoms with Crippen LogP contribution in [0.3, 0.4) is 0 Å². The van der Waals surface area contributed by atoms with E-state index in [1.165, 1.54) is 0 Å². The van der Waals surface area contributed by atoms with Crippen LogP contribution in [-0.4, -0.2) is 71.5 Å². The molecule has 0 saturated heterocycles. The Labute approximate surface area is 93.7 Å². The molecule has 0 bridgehead atoms. The Morgan fingerprint density at radius 2 is 1.69 bits per heavy atom. The second-order valence-corrected chi connectivity index (χ2v) is 3.41. The number of hydrogen-bond acceptors (Lipinski definition) is 7. The minimum Gasteiger partial charge on any atom is -0.465 e. The summed E-state index contributed by atoms with van der Waals surface area (Å²) in [7, 11) is 0. The molecule has 0 radical (unpaired) electrons. The highest BCUT2D eigenvalue weighted by Crippen LogP contribution is 2.00. The largest absolute Gasteiger partial charge is 0.465 e. The van der Waals surface area contributed by atoms with Crippen molar-refractivity contribution in [1.29, 1.82) is 0 Å². The summed E-state index contributed by atoms with van der Waals surface area (Å²) in [5, 5.41) is 37.8. The van der Waals surface area contributed by atoms with Gasteiger partial charge in [-0.25, -0.2) is 0 Å². The molecular weight excluding hydrogens is 218 g/mol. The summed E-state index contributed by atoms with van der Waals surface area (Å²) in [4.78, 5) is 11.1. The van der Waals surface area contributed by atoms with Crippen LogP contribution in [0.15, 0.2) is 0 Å². The molecule has 0 rings (SSSR count). The molecule has 0 amide bonds. The summed E-state index contributed by atoms with van der Waals surface area (Å²) < 4.78 is 4.70. The number of rotatable bonds is 9. The highest BCUT2D eigenvalue weighted by Gasteiger charge is 2.28. The van der Waals surface area contributed by atoms with Crippen molar-refractivity contribution in [1.82, 2.24) is 5.32 Å². The second-order valence-electron chi connectivity index (χ2n) is 3.41. The lowest BCUT2D eigenvalue weighted by molar-refractivity contribution is -0.143. The number of aliphatic hydroxyl groups is 4. The molecular formula is C9H19NO6. The number of ether oxygens (including phenoxy) is 1. The zero-order valence-corrected chi connectivity index (χ0v) is 9.06. The van der Waals surface area contributed by atoms with E-state index in [0.717, 1.165) is 0 Å². The van der Waals surface area contributed by atoms with Crippen LogP contribution < -0.4 is 5.32 Å². The summed E-state index contributed by atoms with van der Waals surface area (Å²) in [6, 6.07) is 0. The Kier molecular flexibility index (Phi) is 8.04. The van der Waals surface area contributed by atoms with E-state index < -0.39 is 31.3 Å². The molecule has 5 N–H and O–H groups in total. The normalized spacial score (nSPS) is 11.5. The summed E-state index contributed by atoms with van der Waals surface area (Å²) in [5.74, 6) is -0.576. The van der Waals surface area contributed by atoms with E-state index in [1.807, 2.05) is 0 Å². The lowest BCUT2D eigenvalue weighted by atomic mass is 10.0. The van der Waals surface area contributed by atoms with Gasteiger partial charge in [-0.2, -0.15) is 0 Å². The average molecular weight is 237 g/mol. The van der Waals surface area contributed by atoms with Gasteiger partial charge in [-0.15, -0.1) is 0 Å². The SMILES string of the molecule is O=C(CNC(CO)(CO)CO)OCCCO. The van der Waals surface area contributed by atoms with Crippen molar-refractivity contribution in [2.75, 3.05) is 39.6 Å². The van der Waals surface area contributed by atoms with Gasteiger partial charge in [-0.3, -0.25) is 10.1 Å². The van der Waals surface area contributed by atoms with E-state index in [-0.39, 0.29) is 19.8 Å². The van der Waals surface area contributed by atoms with Crippen LogP contribution in [0, 0.1) is 0 Å². The fourth-order valence-corrected chi connectivity index (χ4v) is 0.879. The first-order valence-electron chi connectivity index (χ1n) is 4.98. The third-order valence-electron chi connectivity index (χ3n) is 2.08. The third kappa shape index (κ3) is 5.38. The molecule has 0 aliphatic carbocycles. The molecule has 7 nitrogen and oxygen atoms in total. The molecule has 0 heterocycles. The topological polar surface area (TPSA) is 119 Å². The Morgan fingerprint density at radius 1 is 1.12 bits per heavy atom. The van der Waals surface area contributed by atoms with Gasteiger partial charge in [0, 0.05) is 13.0 Å². The molecule has 16 heavy (non-hydrogen) atoms. The van der Waals surface area contributed by atoms with E-state index >= 15 is 0 Å². The van der Waals surface area contributed by atoms with E-state index in [4.69, 9.17) is 25.2 Å². The maximum absolute atomic E-state index is 11.1. The molecule has 0 unspecified atom stereocenters. The van der Waals surface area contributed by atoms with Crippen molar-refractivity contribution in [3.63, 3.8) is 0 Å². The number of nitrogens with one attached hydrogen (secondary N) is 1. The Balaban J connectivity index is 3.87. The van der Waals surface area contributed by atoms with E-state index in [1.54, 1.807) is 0 Å². The van der Waals surface area contributed by atoms with E-state index in [9.17, 15) is 4.79 Å². The zero-order chi connectivity index (χ0) is 12.4. The Morgan fingerprint density at radius 3 is 2.12 bits per heavy atom. The first-order chi connectivity index (χ1) is 7.64. The van der Waals surface area contributed by atoms with Gasteiger partial charge in [0.25, 0.3) is 0 Å². The fourth-order valence-electron chi connectivity index (χ4n) is 0.879. The average Bonchev–Trinajstić information content (AvgIpc) is 2.32. The molecule has 0 aliphatic heterocycles. The molecule has 0 spiro atoms. The van der Waals surface area contributed by atoms with E-state index in [2.05, 4.69) is 5.32 Å². The van der Waals surface area contributed by atoms with Crippen molar-refractivity contribution in [3.8, 4) is 0 Å². The maximum Gasteiger partial charge on any atom is 0.319 e. The van der Waals surface area contributed by atoms with Crippen molar-refractivity contribution in [2.45, 2.75) is 12.0 Å². The predicted molar refractivity (Wildman–Crippen MR) is 54.7 cm³/mol. The highest BCUT2D eigenvalue weighted by molar-refractivity contribution is 5.71. The molecule has 0 aromatic carbocycles. The maximum atomic E-state index is 11.1. The summed E-state index contributed by atoms with van der Waals surface area (Å²) >= 11 is 0. The van der Waals surface area contributed by atoms with Crippen molar-refractivity contribution in [3.05, 3.63) is 0 Å². The van der Waals surface area contributed by atoms with Crippen LogP contribution in [0.25, 0.3) is 0 Å². The molecule has 0 aromatic rings. The number of carbonyl (C=O) groups excluding carboxylic acids is 1. The lowest BCUT2D eigenvalue weighted by Gasteiger charge is -2.28. The monoisotopic (exact) mass is 237 g/mol. The Bertz CT molecular complexity index is 186. The number of aliphatic hydroxyl groups excluding tert-OH is 4. The molecule has 0 aromatic heterocycles. The summed E-state index contributed by atoms with van der Waals surface area (Å²) in [5.41, 5.74) is -1.28. The van der Waals surface area contributed by atoms with Crippen LogP contribution in [-0.2, 0) is 9.53 Å². The van der Waals surface area contributed by atoms with Crippen molar-refractivity contribution in [2.24, 2.45) is 0 Å². The number of esters is 1. The van der Waals surface area contributed by atoms with Crippen LogP contribution in [0.1, 0.15) is 6.42 Å². The van der Waals surface area contributed by atoms with Crippen molar-refractivity contribution >= 4 is 5.97 Å². The minimum absolute atomic E-state index is 0.0609. The molecule has 7 heteroatoms. The quantitative estimate of drug-likeness (QED) is 0.217. The van der Waals surface area contributed by atoms with E-state index in [0.29, 0.717) is 6.42 Å². The Hall–Kier alpha value is -0.730. The van der Waals surface area contributed by atoms with Gasteiger partial charge in [0.2, 0.25) is 0 Å². The van der Waals surface area contributed by atoms with Gasteiger partial charge in [0.15, 0.2) is 0 Å². The second kappa shape index (κ2) is 8.43. The van der Waals surface area contributed by atoms with Crippen LogP contribution in [0.4, 0.5) is 0 Å². The predicted octanol–water partition coefficient (Wildman–Crippen LogP) is -2.78. The smallest absolute Gasteiger partial charge is 0.319 e. The molecule has 0 saturated carbocycles. The first kappa shape index (κ1) is 15.3. The summed E-state index contributed by atoms with van der Waals surface area (Å²) in [6.07, 6.45) is 0.358. The summed E-state index contributed by atoms with van der Waals surface area (Å²) in [6.45, 7) is -1.67. The van der Waals surface area contributed by atoms with Crippen LogP contribution >= 0.6 is 0 Å². The van der Waals surface area contributed by atoms with Gasteiger partial charge in [-0.05, 0) is 0 Å². The molecule has 96 valence electrons. The lowest BCUT2D eigenvalue weighted by Crippen LogP contribution is -2.56. The van der Waals surface area contributed by atoms with Gasteiger partial charge in [0.05, 0.1) is 38.5 Å². The standard InChI is InChI=1S/C9H19NO6/c11-2-1-3-16-8(15)4-10-9(5-12,6-13)7-14/h10-14H,1-7H2. The number of hydrogen-bond donors (Lipinski definition) is 5. The third-order valence-corrected chi connectivity index (χ3v) is 2.08. The zero-order valence-electron chi connectivity index (χ0n) is 9.06. The van der Waals surface area contributed by atoms with Gasteiger partial charge in [-0.1, -0.05) is 0 Å². The molecule has 0 aliphatic rings. The molecule has 0 fully saturated rings. The highest BCUT2D eigenvalue weighted by atomic mass is 16.5.